The molecule has 0 bridgehead atoms. The van der Waals surface area contributed by atoms with E-state index in [0.717, 1.165) is 16.9 Å². The lowest BCUT2D eigenvalue weighted by Gasteiger charge is -2.38. The molecule has 2 N–H and O–H groups in total. The second kappa shape index (κ2) is 7.14. The van der Waals surface area contributed by atoms with E-state index in [0.29, 0.717) is 21.2 Å². The summed E-state index contributed by atoms with van der Waals surface area (Å²) in [6.07, 6.45) is 0.0518. The highest BCUT2D eigenvalue weighted by atomic mass is 32.2. The zero-order valence-corrected chi connectivity index (χ0v) is 17.5. The highest BCUT2D eigenvalue weighted by molar-refractivity contribution is 7.99. The van der Waals surface area contributed by atoms with Crippen LogP contribution in [0.15, 0.2) is 64.4 Å². The van der Waals surface area contributed by atoms with Gasteiger partial charge in [-0.05, 0) is 11.6 Å². The fourth-order valence-corrected chi connectivity index (χ4v) is 6.97. The summed E-state index contributed by atoms with van der Waals surface area (Å²) >= 11 is 2.44. The van der Waals surface area contributed by atoms with Crippen molar-refractivity contribution >= 4 is 34.9 Å². The van der Waals surface area contributed by atoms with Crippen molar-refractivity contribution in [2.45, 2.75) is 23.9 Å². The number of rotatable bonds is 3. The SMILES string of the molecule is O=C1C[C@@]2(CSc3[nH]c(=O)sc3[C@@H]2c2ccccc2O)C(=O)N1Cc1ccccc1. The number of aromatic nitrogens is 1. The Kier molecular flexibility index (Phi) is 4.56. The fourth-order valence-electron chi connectivity index (χ4n) is 4.42. The van der Waals surface area contributed by atoms with Gasteiger partial charge in [0.15, 0.2) is 0 Å². The van der Waals surface area contributed by atoms with E-state index in [4.69, 9.17) is 0 Å². The lowest BCUT2D eigenvalue weighted by atomic mass is 9.70. The Labute approximate surface area is 180 Å². The topological polar surface area (TPSA) is 90.5 Å². The van der Waals surface area contributed by atoms with Crippen LogP contribution in [0.1, 0.15) is 28.3 Å². The molecule has 6 nitrogen and oxygen atoms in total. The van der Waals surface area contributed by atoms with Crippen molar-refractivity contribution in [1.29, 1.82) is 0 Å². The van der Waals surface area contributed by atoms with Gasteiger partial charge in [-0.1, -0.05) is 59.9 Å². The summed E-state index contributed by atoms with van der Waals surface area (Å²) in [5.41, 5.74) is 0.413. The molecule has 8 heteroatoms. The molecule has 3 aromatic rings. The first-order valence-corrected chi connectivity index (χ1v) is 11.3. The molecular formula is C22H18N2O4S2. The van der Waals surface area contributed by atoms with Gasteiger partial charge in [-0.25, -0.2) is 0 Å². The van der Waals surface area contributed by atoms with Gasteiger partial charge in [-0.3, -0.25) is 19.3 Å². The largest absolute Gasteiger partial charge is 0.508 e. The molecule has 0 saturated carbocycles. The Balaban J connectivity index is 1.63. The van der Waals surface area contributed by atoms with Gasteiger partial charge in [0.2, 0.25) is 11.8 Å². The van der Waals surface area contributed by atoms with E-state index in [1.54, 1.807) is 24.3 Å². The van der Waals surface area contributed by atoms with Gasteiger partial charge in [0.05, 0.1) is 17.0 Å². The maximum absolute atomic E-state index is 13.7. The van der Waals surface area contributed by atoms with Crippen molar-refractivity contribution in [3.63, 3.8) is 0 Å². The number of hydrogen-bond acceptors (Lipinski definition) is 6. The number of phenolic OH excluding ortho intramolecular Hbond substituents is 1. The van der Waals surface area contributed by atoms with Crippen molar-refractivity contribution in [3.8, 4) is 5.75 Å². The fraction of sp³-hybridized carbons (Fsp3) is 0.227. The zero-order valence-electron chi connectivity index (χ0n) is 15.8. The smallest absolute Gasteiger partial charge is 0.305 e. The monoisotopic (exact) mass is 438 g/mol. The van der Waals surface area contributed by atoms with Crippen LogP contribution in [0.4, 0.5) is 0 Å². The number of phenols is 1. The third-order valence-electron chi connectivity index (χ3n) is 5.80. The molecule has 1 aromatic heterocycles. The van der Waals surface area contributed by atoms with Crippen LogP contribution >= 0.6 is 23.1 Å². The van der Waals surface area contributed by atoms with E-state index < -0.39 is 11.3 Å². The Morgan fingerprint density at radius 3 is 2.57 bits per heavy atom. The normalized spacial score (nSPS) is 23.2. The number of nitrogens with one attached hydrogen (secondary N) is 1. The predicted octanol–water partition coefficient (Wildman–Crippen LogP) is 3.33. The Morgan fingerprint density at radius 2 is 1.80 bits per heavy atom. The zero-order chi connectivity index (χ0) is 20.9. The molecule has 2 aliphatic rings. The van der Waals surface area contributed by atoms with Crippen molar-refractivity contribution in [1.82, 2.24) is 9.88 Å². The number of H-pyrrole nitrogens is 1. The minimum atomic E-state index is -1.03. The number of aromatic hydroxyl groups is 1. The van der Waals surface area contributed by atoms with Crippen molar-refractivity contribution in [3.05, 3.63) is 80.3 Å². The number of aromatic amines is 1. The Hall–Kier alpha value is -2.84. The van der Waals surface area contributed by atoms with E-state index >= 15 is 0 Å². The molecule has 3 heterocycles. The van der Waals surface area contributed by atoms with Crippen molar-refractivity contribution < 1.29 is 14.7 Å². The van der Waals surface area contributed by atoms with Gasteiger partial charge >= 0.3 is 4.87 Å². The molecule has 1 spiro atoms. The number of likely N-dealkylation sites (tertiary alicyclic amines) is 1. The van der Waals surface area contributed by atoms with Crippen LogP contribution in [-0.2, 0) is 16.1 Å². The summed E-state index contributed by atoms with van der Waals surface area (Å²) < 4.78 is 0. The third kappa shape index (κ3) is 2.90. The van der Waals surface area contributed by atoms with E-state index in [1.807, 2.05) is 30.3 Å². The number of hydrogen-bond donors (Lipinski definition) is 2. The molecular weight excluding hydrogens is 420 g/mol. The maximum Gasteiger partial charge on any atom is 0.305 e. The van der Waals surface area contributed by atoms with Gasteiger partial charge in [0.25, 0.3) is 0 Å². The number of fused-ring (bicyclic) bond motifs is 1. The number of benzene rings is 2. The molecule has 2 aromatic carbocycles. The van der Waals surface area contributed by atoms with Gasteiger partial charge in [-0.15, -0.1) is 11.8 Å². The summed E-state index contributed by atoms with van der Waals surface area (Å²) in [4.78, 5) is 43.5. The van der Waals surface area contributed by atoms with Crippen LogP contribution in [0.2, 0.25) is 0 Å². The van der Waals surface area contributed by atoms with Gasteiger partial charge < -0.3 is 10.1 Å². The molecule has 1 saturated heterocycles. The van der Waals surface area contributed by atoms with Crippen LogP contribution in [0.25, 0.3) is 0 Å². The number of nitrogens with zero attached hydrogens (tertiary/aromatic N) is 1. The molecule has 2 aliphatic heterocycles. The van der Waals surface area contributed by atoms with Crippen LogP contribution in [-0.4, -0.2) is 32.6 Å². The second-order valence-corrected chi connectivity index (χ2v) is 9.59. The lowest BCUT2D eigenvalue weighted by Crippen LogP contribution is -2.42. The first-order chi connectivity index (χ1) is 14.5. The second-order valence-electron chi connectivity index (χ2n) is 7.59. The molecule has 1 fully saturated rings. The highest BCUT2D eigenvalue weighted by Crippen LogP contribution is 2.58. The number of imide groups is 1. The average molecular weight is 439 g/mol. The quantitative estimate of drug-likeness (QED) is 0.612. The molecule has 5 rings (SSSR count). The molecule has 0 unspecified atom stereocenters. The van der Waals surface area contributed by atoms with E-state index in [-0.39, 0.29) is 35.4 Å². The number of carbonyl (C=O) groups is 2. The molecule has 30 heavy (non-hydrogen) atoms. The number of carbonyl (C=O) groups excluding carboxylic acids is 2. The van der Waals surface area contributed by atoms with Crippen LogP contribution in [0.3, 0.4) is 0 Å². The number of amides is 2. The minimum Gasteiger partial charge on any atom is -0.508 e. The van der Waals surface area contributed by atoms with Crippen LogP contribution in [0.5, 0.6) is 5.75 Å². The summed E-state index contributed by atoms with van der Waals surface area (Å²) in [6, 6.07) is 16.3. The number of para-hydroxylation sites is 1. The summed E-state index contributed by atoms with van der Waals surface area (Å²) in [6.45, 7) is 0.217. The Bertz CT molecular complexity index is 1200. The van der Waals surface area contributed by atoms with Crippen LogP contribution in [0, 0.1) is 5.41 Å². The first kappa shape index (κ1) is 19.1. The Morgan fingerprint density at radius 1 is 1.07 bits per heavy atom. The molecule has 0 radical (unpaired) electrons. The van der Waals surface area contributed by atoms with E-state index in [9.17, 15) is 19.5 Å². The minimum absolute atomic E-state index is 0.0518. The summed E-state index contributed by atoms with van der Waals surface area (Å²) in [7, 11) is 0. The maximum atomic E-state index is 13.7. The van der Waals surface area contributed by atoms with Crippen LogP contribution < -0.4 is 4.87 Å². The lowest BCUT2D eigenvalue weighted by molar-refractivity contribution is -0.142. The first-order valence-electron chi connectivity index (χ1n) is 9.52. The standard InChI is InChI=1S/C22H18N2O4S2/c25-15-9-5-4-8-14(15)17-18-19(23-21(28)30-18)29-12-22(17)10-16(26)24(20(22)27)11-13-6-2-1-3-7-13/h1-9,17,25H,10-12H2,(H,23,28)/t17-,22-/m0/s1. The van der Waals surface area contributed by atoms with E-state index in [2.05, 4.69) is 4.98 Å². The van der Waals surface area contributed by atoms with Crippen molar-refractivity contribution in [2.75, 3.05) is 5.75 Å². The molecule has 152 valence electrons. The predicted molar refractivity (Wildman–Crippen MR) is 115 cm³/mol. The average Bonchev–Trinajstić information content (AvgIpc) is 3.22. The van der Waals surface area contributed by atoms with Crippen molar-refractivity contribution in [2.24, 2.45) is 5.41 Å². The van der Waals surface area contributed by atoms with Gasteiger partial charge in [-0.2, -0.15) is 0 Å². The van der Waals surface area contributed by atoms with Gasteiger partial charge in [0.1, 0.15) is 5.75 Å². The summed E-state index contributed by atoms with van der Waals surface area (Å²) in [5.74, 6) is -0.611. The highest BCUT2D eigenvalue weighted by Gasteiger charge is 2.59. The molecule has 2 amide bonds. The molecule has 2 atom stereocenters. The summed E-state index contributed by atoms with van der Waals surface area (Å²) in [5, 5.41) is 11.3. The molecule has 0 aliphatic carbocycles. The van der Waals surface area contributed by atoms with Gasteiger partial charge in [0, 0.05) is 28.5 Å². The number of thioether (sulfide) groups is 1. The number of thiazole rings is 1. The third-order valence-corrected chi connectivity index (χ3v) is 8.15. The van der Waals surface area contributed by atoms with E-state index in [1.165, 1.54) is 16.7 Å².